The number of piperazine rings is 1. The maximum atomic E-state index is 13.5. The zero-order valence-electron chi connectivity index (χ0n) is 18.5. The van der Waals surface area contributed by atoms with Crippen molar-refractivity contribution in [2.24, 2.45) is 0 Å². The van der Waals surface area contributed by atoms with Gasteiger partial charge in [-0.25, -0.2) is 9.97 Å². The predicted octanol–water partition coefficient (Wildman–Crippen LogP) is 4.30. The standard InChI is InChI=1S/C25H29N5O/c1-16(2)24-26-17(3)14-23(28-24)29-10-12-30(13-11-29)25(31)20-15-22(18-8-9-18)27-21-7-5-4-6-19(20)21/h4-7,14-16,18H,8-13H2,1-3H3. The highest BCUT2D eigenvalue weighted by molar-refractivity contribution is 6.06. The smallest absolute Gasteiger partial charge is 0.254 e. The molecule has 0 N–H and O–H groups in total. The van der Waals surface area contributed by atoms with Crippen LogP contribution in [-0.2, 0) is 0 Å². The molecular formula is C25H29N5O. The summed E-state index contributed by atoms with van der Waals surface area (Å²) >= 11 is 0. The first kappa shape index (κ1) is 19.9. The van der Waals surface area contributed by atoms with Gasteiger partial charge in [-0.15, -0.1) is 0 Å². The number of amides is 1. The van der Waals surface area contributed by atoms with Gasteiger partial charge in [-0.3, -0.25) is 9.78 Å². The maximum Gasteiger partial charge on any atom is 0.254 e. The molecule has 160 valence electrons. The van der Waals surface area contributed by atoms with Crippen molar-refractivity contribution in [3.05, 3.63) is 59.2 Å². The van der Waals surface area contributed by atoms with Crippen LogP contribution in [0.4, 0.5) is 5.82 Å². The van der Waals surface area contributed by atoms with Crippen LogP contribution < -0.4 is 4.90 Å². The molecule has 6 heteroatoms. The van der Waals surface area contributed by atoms with Gasteiger partial charge in [-0.1, -0.05) is 32.0 Å². The lowest BCUT2D eigenvalue weighted by atomic mass is 10.0. The third kappa shape index (κ3) is 3.99. The van der Waals surface area contributed by atoms with Gasteiger partial charge < -0.3 is 9.80 Å². The molecule has 0 radical (unpaired) electrons. The van der Waals surface area contributed by atoms with Crippen LogP contribution in [0, 0.1) is 6.92 Å². The Hall–Kier alpha value is -3.02. The second-order valence-corrected chi connectivity index (χ2v) is 9.05. The monoisotopic (exact) mass is 415 g/mol. The summed E-state index contributed by atoms with van der Waals surface area (Å²) in [6.07, 6.45) is 2.35. The van der Waals surface area contributed by atoms with Crippen LogP contribution in [-0.4, -0.2) is 51.9 Å². The van der Waals surface area contributed by atoms with E-state index in [4.69, 9.17) is 9.97 Å². The van der Waals surface area contributed by atoms with Crippen molar-refractivity contribution in [2.75, 3.05) is 31.1 Å². The number of para-hydroxylation sites is 1. The van der Waals surface area contributed by atoms with Crippen molar-refractivity contribution in [1.29, 1.82) is 0 Å². The number of aryl methyl sites for hydroxylation is 1. The molecule has 0 spiro atoms. The normalized spacial score (nSPS) is 16.9. The van der Waals surface area contributed by atoms with Gasteiger partial charge in [-0.2, -0.15) is 0 Å². The Balaban J connectivity index is 1.36. The number of hydrogen-bond acceptors (Lipinski definition) is 5. The average molecular weight is 416 g/mol. The van der Waals surface area contributed by atoms with E-state index in [1.807, 2.05) is 48.2 Å². The third-order valence-corrected chi connectivity index (χ3v) is 6.23. The summed E-state index contributed by atoms with van der Waals surface area (Å²) in [6, 6.07) is 12.1. The minimum absolute atomic E-state index is 0.113. The highest BCUT2D eigenvalue weighted by atomic mass is 16.2. The van der Waals surface area contributed by atoms with E-state index < -0.39 is 0 Å². The fourth-order valence-electron chi connectivity index (χ4n) is 4.26. The van der Waals surface area contributed by atoms with Crippen LogP contribution in [0.15, 0.2) is 36.4 Å². The topological polar surface area (TPSA) is 62.2 Å². The number of carbonyl (C=O) groups excluding carboxylic acids is 1. The number of pyridine rings is 1. The lowest BCUT2D eigenvalue weighted by Crippen LogP contribution is -2.49. The van der Waals surface area contributed by atoms with E-state index in [1.54, 1.807) is 0 Å². The van der Waals surface area contributed by atoms with Gasteiger partial charge in [0.2, 0.25) is 0 Å². The van der Waals surface area contributed by atoms with Gasteiger partial charge in [0.1, 0.15) is 11.6 Å². The van der Waals surface area contributed by atoms with Crippen molar-refractivity contribution in [3.8, 4) is 0 Å². The van der Waals surface area contributed by atoms with E-state index in [9.17, 15) is 4.79 Å². The van der Waals surface area contributed by atoms with Gasteiger partial charge in [-0.05, 0) is 31.9 Å². The number of benzene rings is 1. The second-order valence-electron chi connectivity index (χ2n) is 9.05. The van der Waals surface area contributed by atoms with Crippen LogP contribution in [0.5, 0.6) is 0 Å². The third-order valence-electron chi connectivity index (χ3n) is 6.23. The van der Waals surface area contributed by atoms with Gasteiger partial charge in [0, 0.05) is 60.9 Å². The molecular weight excluding hydrogens is 386 g/mol. The zero-order chi connectivity index (χ0) is 21.5. The second kappa shape index (κ2) is 7.91. The van der Waals surface area contributed by atoms with Gasteiger partial charge in [0.15, 0.2) is 0 Å². The first-order chi connectivity index (χ1) is 15.0. The largest absolute Gasteiger partial charge is 0.353 e. The Labute approximate surface area is 183 Å². The molecule has 3 aromatic rings. The molecule has 1 aromatic carbocycles. The molecule has 3 heterocycles. The quantitative estimate of drug-likeness (QED) is 0.636. The number of hydrogen-bond donors (Lipinski definition) is 0. The number of rotatable bonds is 4. The Kier molecular flexibility index (Phi) is 5.08. The van der Waals surface area contributed by atoms with Crippen molar-refractivity contribution < 1.29 is 4.79 Å². The molecule has 0 atom stereocenters. The van der Waals surface area contributed by atoms with Crippen molar-refractivity contribution in [3.63, 3.8) is 0 Å². The summed E-state index contributed by atoms with van der Waals surface area (Å²) in [6.45, 7) is 9.18. The van der Waals surface area contributed by atoms with Gasteiger partial charge in [0.05, 0.1) is 11.1 Å². The van der Waals surface area contributed by atoms with E-state index >= 15 is 0 Å². The van der Waals surface area contributed by atoms with Crippen molar-refractivity contribution in [1.82, 2.24) is 19.9 Å². The number of fused-ring (bicyclic) bond motifs is 1. The van der Waals surface area contributed by atoms with E-state index in [2.05, 4.69) is 23.7 Å². The molecule has 1 amide bonds. The summed E-state index contributed by atoms with van der Waals surface area (Å²) in [5.41, 5.74) is 3.77. The molecule has 31 heavy (non-hydrogen) atoms. The molecule has 1 saturated carbocycles. The highest BCUT2D eigenvalue weighted by Crippen LogP contribution is 2.40. The van der Waals surface area contributed by atoms with E-state index in [1.165, 1.54) is 12.8 Å². The van der Waals surface area contributed by atoms with Gasteiger partial charge >= 0.3 is 0 Å². The minimum atomic E-state index is 0.113. The Morgan fingerprint density at radius 1 is 1.00 bits per heavy atom. The Morgan fingerprint density at radius 3 is 2.45 bits per heavy atom. The van der Waals surface area contributed by atoms with Gasteiger partial charge in [0.25, 0.3) is 5.91 Å². The molecule has 5 rings (SSSR count). The van der Waals surface area contributed by atoms with Crippen molar-refractivity contribution in [2.45, 2.75) is 45.4 Å². The molecule has 1 aliphatic carbocycles. The Bertz CT molecular complexity index is 1130. The zero-order valence-corrected chi connectivity index (χ0v) is 18.5. The highest BCUT2D eigenvalue weighted by Gasteiger charge is 2.29. The van der Waals surface area contributed by atoms with Crippen LogP contribution in [0.3, 0.4) is 0 Å². The molecule has 2 aromatic heterocycles. The minimum Gasteiger partial charge on any atom is -0.353 e. The molecule has 0 bridgehead atoms. The van der Waals surface area contributed by atoms with E-state index in [-0.39, 0.29) is 5.91 Å². The summed E-state index contributed by atoms with van der Waals surface area (Å²) in [7, 11) is 0. The molecule has 2 fully saturated rings. The lowest BCUT2D eigenvalue weighted by molar-refractivity contribution is 0.0748. The Morgan fingerprint density at radius 2 is 1.74 bits per heavy atom. The molecule has 1 aliphatic heterocycles. The van der Waals surface area contributed by atoms with E-state index in [0.29, 0.717) is 24.9 Å². The average Bonchev–Trinajstić information content (AvgIpc) is 3.63. The maximum absolute atomic E-state index is 13.5. The lowest BCUT2D eigenvalue weighted by Gasteiger charge is -2.36. The van der Waals surface area contributed by atoms with Crippen LogP contribution in [0.1, 0.15) is 66.1 Å². The summed E-state index contributed by atoms with van der Waals surface area (Å²) < 4.78 is 0. The molecule has 0 unspecified atom stereocenters. The number of anilines is 1. The van der Waals surface area contributed by atoms with E-state index in [0.717, 1.165) is 52.6 Å². The predicted molar refractivity (Wildman–Crippen MR) is 123 cm³/mol. The van der Waals surface area contributed by atoms with Crippen LogP contribution in [0.2, 0.25) is 0 Å². The molecule has 1 saturated heterocycles. The molecule has 6 nitrogen and oxygen atoms in total. The van der Waals surface area contributed by atoms with Crippen LogP contribution in [0.25, 0.3) is 10.9 Å². The summed E-state index contributed by atoms with van der Waals surface area (Å²) in [5, 5.41) is 0.951. The number of nitrogens with zero attached hydrogens (tertiary/aromatic N) is 5. The number of carbonyl (C=O) groups is 1. The van der Waals surface area contributed by atoms with Crippen LogP contribution >= 0.6 is 0 Å². The SMILES string of the molecule is Cc1cc(N2CCN(C(=O)c3cc(C4CC4)nc4ccccc34)CC2)nc(C(C)C)n1. The molecule has 2 aliphatic rings. The fraction of sp³-hybridized carbons (Fsp3) is 0.440. The first-order valence-electron chi connectivity index (χ1n) is 11.3. The van der Waals surface area contributed by atoms with Crippen molar-refractivity contribution >= 4 is 22.6 Å². The fourth-order valence-corrected chi connectivity index (χ4v) is 4.26. The number of aromatic nitrogens is 3. The summed E-state index contributed by atoms with van der Waals surface area (Å²) in [4.78, 5) is 31.9. The first-order valence-corrected chi connectivity index (χ1v) is 11.3. The summed E-state index contributed by atoms with van der Waals surface area (Å²) in [5.74, 6) is 2.77.